The van der Waals surface area contributed by atoms with Crippen molar-refractivity contribution in [1.29, 1.82) is 0 Å². The maximum Gasteiger partial charge on any atom is 0.127 e. The van der Waals surface area contributed by atoms with Gasteiger partial charge in [0, 0.05) is 6.07 Å². The van der Waals surface area contributed by atoms with E-state index in [1.54, 1.807) is 13.2 Å². The fourth-order valence-corrected chi connectivity index (χ4v) is 1.23. The largest absolute Gasteiger partial charge is 0.496 e. The zero-order chi connectivity index (χ0) is 9.68. The minimum atomic E-state index is -0.381. The van der Waals surface area contributed by atoms with Gasteiger partial charge < -0.3 is 9.84 Å². The molecule has 0 aromatic heterocycles. The molecular formula is C11H15O2. The molecule has 1 aromatic carbocycles. The molecule has 0 spiro atoms. The van der Waals surface area contributed by atoms with Gasteiger partial charge in [-0.05, 0) is 18.1 Å². The Morgan fingerprint density at radius 3 is 3.00 bits per heavy atom. The number of aliphatic hydroxyl groups excluding tert-OH is 1. The maximum atomic E-state index is 9.67. The molecule has 13 heavy (non-hydrogen) atoms. The smallest absolute Gasteiger partial charge is 0.127 e. The van der Waals surface area contributed by atoms with E-state index in [1.165, 1.54) is 0 Å². The first kappa shape index (κ1) is 10.1. The summed E-state index contributed by atoms with van der Waals surface area (Å²) in [5.41, 5.74) is 0.900. The average Bonchev–Trinajstić information content (AvgIpc) is 2.18. The van der Waals surface area contributed by atoms with Gasteiger partial charge in [0.15, 0.2) is 0 Å². The molecule has 0 saturated carbocycles. The first-order valence-corrected chi connectivity index (χ1v) is 4.51. The molecule has 1 unspecified atom stereocenters. The second-order valence-corrected chi connectivity index (χ2v) is 2.99. The van der Waals surface area contributed by atoms with Gasteiger partial charge in [0.05, 0.1) is 13.2 Å². The van der Waals surface area contributed by atoms with Crippen LogP contribution >= 0.6 is 0 Å². The third kappa shape index (κ3) is 2.74. The van der Waals surface area contributed by atoms with Crippen molar-refractivity contribution >= 4 is 0 Å². The van der Waals surface area contributed by atoms with Gasteiger partial charge in [-0.1, -0.05) is 25.5 Å². The van der Waals surface area contributed by atoms with Gasteiger partial charge in [-0.15, -0.1) is 0 Å². The lowest BCUT2D eigenvalue weighted by Crippen LogP contribution is -1.96. The van der Waals surface area contributed by atoms with Gasteiger partial charge in [-0.3, -0.25) is 0 Å². The number of hydrogen-bond donors (Lipinski definition) is 1. The number of aliphatic hydroxyl groups is 1. The Kier molecular flexibility index (Phi) is 3.77. The first-order chi connectivity index (χ1) is 6.27. The van der Waals surface area contributed by atoms with Crippen LogP contribution in [0.5, 0.6) is 5.75 Å². The van der Waals surface area contributed by atoms with Crippen molar-refractivity contribution in [3.63, 3.8) is 0 Å². The second-order valence-electron chi connectivity index (χ2n) is 2.99. The highest BCUT2D eigenvalue weighted by Crippen LogP contribution is 2.21. The molecule has 1 rings (SSSR count). The maximum absolute atomic E-state index is 9.67. The van der Waals surface area contributed by atoms with Gasteiger partial charge in [0.1, 0.15) is 5.75 Å². The Bertz CT molecular complexity index is 258. The standard InChI is InChI=1S/C11H15O2/c1-3-5-11(12)9-6-4-7-10(8-9)13-2/h4,6,8,11-12H,3,5H2,1-2H3. The number of hydrogen-bond acceptors (Lipinski definition) is 2. The van der Waals surface area contributed by atoms with Crippen molar-refractivity contribution in [1.82, 2.24) is 0 Å². The topological polar surface area (TPSA) is 29.5 Å². The molecule has 71 valence electrons. The molecule has 0 saturated heterocycles. The highest BCUT2D eigenvalue weighted by atomic mass is 16.5. The van der Waals surface area contributed by atoms with Gasteiger partial charge in [0.2, 0.25) is 0 Å². The fraction of sp³-hybridized carbons (Fsp3) is 0.455. The Balaban J connectivity index is 2.75. The van der Waals surface area contributed by atoms with Crippen LogP contribution in [0.4, 0.5) is 0 Å². The second kappa shape index (κ2) is 4.87. The van der Waals surface area contributed by atoms with Crippen molar-refractivity contribution in [3.05, 3.63) is 29.8 Å². The van der Waals surface area contributed by atoms with E-state index >= 15 is 0 Å². The number of rotatable bonds is 4. The van der Waals surface area contributed by atoms with Gasteiger partial charge in [-0.25, -0.2) is 0 Å². The third-order valence-electron chi connectivity index (χ3n) is 1.97. The molecule has 1 N–H and O–H groups in total. The molecule has 0 heterocycles. The molecule has 0 bridgehead atoms. The fourth-order valence-electron chi connectivity index (χ4n) is 1.23. The van der Waals surface area contributed by atoms with Crippen LogP contribution in [0, 0.1) is 6.07 Å². The van der Waals surface area contributed by atoms with E-state index in [-0.39, 0.29) is 6.10 Å². The van der Waals surface area contributed by atoms with Crippen molar-refractivity contribution in [3.8, 4) is 5.75 Å². The van der Waals surface area contributed by atoms with E-state index in [2.05, 4.69) is 13.0 Å². The zero-order valence-electron chi connectivity index (χ0n) is 8.08. The molecule has 0 aliphatic carbocycles. The summed E-state index contributed by atoms with van der Waals surface area (Å²) in [6.07, 6.45) is 1.38. The van der Waals surface area contributed by atoms with Crippen molar-refractivity contribution in [2.75, 3.05) is 7.11 Å². The zero-order valence-corrected chi connectivity index (χ0v) is 8.08. The summed E-state index contributed by atoms with van der Waals surface area (Å²) in [6, 6.07) is 8.38. The van der Waals surface area contributed by atoms with Crippen LogP contribution in [-0.2, 0) is 0 Å². The number of benzene rings is 1. The van der Waals surface area contributed by atoms with Crippen LogP contribution < -0.4 is 4.74 Å². The van der Waals surface area contributed by atoms with Crippen LogP contribution in [-0.4, -0.2) is 12.2 Å². The van der Waals surface area contributed by atoms with E-state index in [9.17, 15) is 5.11 Å². The van der Waals surface area contributed by atoms with Gasteiger partial charge in [0.25, 0.3) is 0 Å². The van der Waals surface area contributed by atoms with Gasteiger partial charge in [-0.2, -0.15) is 0 Å². The first-order valence-electron chi connectivity index (χ1n) is 4.51. The molecule has 0 aliphatic rings. The molecule has 1 atom stereocenters. The lowest BCUT2D eigenvalue weighted by molar-refractivity contribution is 0.166. The van der Waals surface area contributed by atoms with Crippen molar-refractivity contribution < 1.29 is 9.84 Å². The minimum absolute atomic E-state index is 0.381. The molecule has 0 aliphatic heterocycles. The summed E-state index contributed by atoms with van der Waals surface area (Å²) in [5, 5.41) is 9.67. The molecular weight excluding hydrogens is 164 g/mol. The quantitative estimate of drug-likeness (QED) is 0.768. The van der Waals surface area contributed by atoms with Crippen LogP contribution in [0.2, 0.25) is 0 Å². The average molecular weight is 179 g/mol. The molecule has 1 radical (unpaired) electrons. The van der Waals surface area contributed by atoms with E-state index in [1.807, 2.05) is 12.1 Å². The van der Waals surface area contributed by atoms with Crippen LogP contribution in [0.25, 0.3) is 0 Å². The predicted molar refractivity (Wildman–Crippen MR) is 51.7 cm³/mol. The number of methoxy groups -OCH3 is 1. The van der Waals surface area contributed by atoms with Crippen LogP contribution in [0.1, 0.15) is 31.4 Å². The lowest BCUT2D eigenvalue weighted by atomic mass is 10.1. The molecule has 0 fully saturated rings. The van der Waals surface area contributed by atoms with Crippen molar-refractivity contribution in [2.45, 2.75) is 25.9 Å². The van der Waals surface area contributed by atoms with E-state index in [4.69, 9.17) is 4.74 Å². The Morgan fingerprint density at radius 1 is 1.62 bits per heavy atom. The van der Waals surface area contributed by atoms with Crippen LogP contribution in [0.15, 0.2) is 18.2 Å². The number of ether oxygens (including phenoxy) is 1. The Morgan fingerprint density at radius 2 is 2.38 bits per heavy atom. The Hall–Kier alpha value is -1.02. The van der Waals surface area contributed by atoms with Crippen molar-refractivity contribution in [2.24, 2.45) is 0 Å². The van der Waals surface area contributed by atoms with E-state index in [0.717, 1.165) is 18.4 Å². The summed E-state index contributed by atoms with van der Waals surface area (Å²) in [5.74, 6) is 0.674. The normalized spacial score (nSPS) is 12.5. The monoisotopic (exact) mass is 179 g/mol. The molecule has 0 amide bonds. The van der Waals surface area contributed by atoms with E-state index in [0.29, 0.717) is 5.75 Å². The third-order valence-corrected chi connectivity index (χ3v) is 1.97. The Labute approximate surface area is 79.2 Å². The predicted octanol–water partition coefficient (Wildman–Crippen LogP) is 2.33. The summed E-state index contributed by atoms with van der Waals surface area (Å²) in [4.78, 5) is 0. The highest BCUT2D eigenvalue weighted by Gasteiger charge is 2.06. The molecule has 2 nitrogen and oxygen atoms in total. The van der Waals surface area contributed by atoms with Gasteiger partial charge >= 0.3 is 0 Å². The summed E-state index contributed by atoms with van der Waals surface area (Å²) < 4.78 is 5.02. The SMILES string of the molecule is CCCC(O)c1cc[c]c(OC)c1. The van der Waals surface area contributed by atoms with E-state index < -0.39 is 0 Å². The minimum Gasteiger partial charge on any atom is -0.496 e. The summed E-state index contributed by atoms with van der Waals surface area (Å²) in [6.45, 7) is 2.05. The summed E-state index contributed by atoms with van der Waals surface area (Å²) >= 11 is 0. The lowest BCUT2D eigenvalue weighted by Gasteiger charge is -2.10. The van der Waals surface area contributed by atoms with Crippen LogP contribution in [0.3, 0.4) is 0 Å². The highest BCUT2D eigenvalue weighted by molar-refractivity contribution is 5.28. The summed E-state index contributed by atoms with van der Waals surface area (Å²) in [7, 11) is 1.60. The molecule has 2 heteroatoms. The molecule has 1 aromatic rings.